The number of pyridine rings is 1. The highest BCUT2D eigenvalue weighted by atomic mass is 35.5. The summed E-state index contributed by atoms with van der Waals surface area (Å²) in [5, 5.41) is 21.4. The highest BCUT2D eigenvalue weighted by Crippen LogP contribution is 2.68. The van der Waals surface area contributed by atoms with Gasteiger partial charge in [0.1, 0.15) is 40.9 Å². The largest absolute Gasteiger partial charge is 0.377 e. The molecule has 0 radical (unpaired) electrons. The van der Waals surface area contributed by atoms with Crippen molar-refractivity contribution in [2.45, 2.75) is 68.1 Å². The van der Waals surface area contributed by atoms with Crippen LogP contribution < -0.4 is 10.0 Å². The number of alkyl halides is 6. The first kappa shape index (κ1) is 40.5. The maximum absolute atomic E-state index is 15.4. The number of benzene rings is 2. The van der Waals surface area contributed by atoms with Crippen LogP contribution in [-0.2, 0) is 40.8 Å². The highest BCUT2D eigenvalue weighted by Gasteiger charge is 2.67. The molecule has 59 heavy (non-hydrogen) atoms. The van der Waals surface area contributed by atoms with Crippen molar-refractivity contribution in [3.8, 4) is 23.0 Å². The molecule has 3 aliphatic rings. The number of aromatic nitrogens is 5. The Balaban J connectivity index is 1.27. The van der Waals surface area contributed by atoms with Crippen LogP contribution in [0.2, 0.25) is 5.02 Å². The molecule has 2 saturated carbocycles. The summed E-state index contributed by atoms with van der Waals surface area (Å²) in [7, 11) is -2.41. The Morgan fingerprint density at radius 2 is 1.71 bits per heavy atom. The zero-order valence-corrected chi connectivity index (χ0v) is 32.2. The smallest absolute Gasteiger partial charge is 0.293 e. The number of anilines is 1. The van der Waals surface area contributed by atoms with E-state index in [1.165, 1.54) is 36.0 Å². The lowest BCUT2D eigenvalue weighted by atomic mass is 9.77. The third-order valence-electron chi connectivity index (χ3n) is 10.4. The summed E-state index contributed by atoms with van der Waals surface area (Å²) in [5.74, 6) is -6.99. The number of halogens is 9. The van der Waals surface area contributed by atoms with Crippen molar-refractivity contribution in [1.82, 2.24) is 29.9 Å². The number of aliphatic hydroxyl groups is 1. The van der Waals surface area contributed by atoms with Crippen molar-refractivity contribution in [2.24, 2.45) is 13.0 Å². The van der Waals surface area contributed by atoms with E-state index in [4.69, 9.17) is 11.6 Å². The van der Waals surface area contributed by atoms with Gasteiger partial charge in [-0.05, 0) is 60.6 Å². The maximum atomic E-state index is 15.4. The minimum atomic E-state index is -3.88. The predicted molar refractivity (Wildman–Crippen MR) is 196 cm³/mol. The van der Waals surface area contributed by atoms with Crippen LogP contribution in [0.3, 0.4) is 0 Å². The van der Waals surface area contributed by atoms with Gasteiger partial charge in [0, 0.05) is 35.7 Å². The number of fused-ring (bicyclic) bond motifs is 4. The number of hydrogen-bond acceptors (Lipinski definition) is 7. The molecule has 0 saturated heterocycles. The molecule has 0 bridgehead atoms. The Morgan fingerprint density at radius 3 is 2.36 bits per heavy atom. The lowest BCUT2D eigenvalue weighted by Crippen LogP contribution is -2.50. The van der Waals surface area contributed by atoms with Gasteiger partial charge in [-0.2, -0.15) is 19.0 Å². The topological polar surface area (TPSA) is 144 Å². The molecule has 0 aliphatic heterocycles. The summed E-state index contributed by atoms with van der Waals surface area (Å²) < 4.78 is 144. The Hall–Kier alpha value is -5.26. The van der Waals surface area contributed by atoms with E-state index in [-0.39, 0.29) is 61.8 Å². The number of hydrogen-bond donors (Lipinski definition) is 3. The van der Waals surface area contributed by atoms with Crippen molar-refractivity contribution >= 4 is 44.3 Å². The lowest BCUT2D eigenvalue weighted by Gasteiger charge is -2.39. The van der Waals surface area contributed by atoms with Gasteiger partial charge in [-0.3, -0.25) is 18.9 Å². The van der Waals surface area contributed by atoms with Crippen molar-refractivity contribution < 1.29 is 53.4 Å². The summed E-state index contributed by atoms with van der Waals surface area (Å²) in [6.07, 6.45) is -4.66. The van der Waals surface area contributed by atoms with Gasteiger partial charge in [-0.15, -0.1) is 0 Å². The first-order valence-corrected chi connectivity index (χ1v) is 20.1. The summed E-state index contributed by atoms with van der Waals surface area (Å²) in [5.41, 5.74) is -3.64. The second-order valence-electron chi connectivity index (χ2n) is 15.1. The molecular formula is C38H30ClF8N7O4S. The fourth-order valence-electron chi connectivity index (χ4n) is 8.09. The Morgan fingerprint density at radius 1 is 1.03 bits per heavy atom. The summed E-state index contributed by atoms with van der Waals surface area (Å²) in [6.45, 7) is -0.985. The van der Waals surface area contributed by atoms with E-state index in [1.54, 1.807) is 0 Å². The lowest BCUT2D eigenvalue weighted by molar-refractivity contribution is -0.176. The van der Waals surface area contributed by atoms with Gasteiger partial charge in [0.15, 0.2) is 5.82 Å². The van der Waals surface area contributed by atoms with E-state index < -0.39 is 107 Å². The number of amides is 1. The zero-order valence-electron chi connectivity index (χ0n) is 30.6. The van der Waals surface area contributed by atoms with Crippen molar-refractivity contribution in [1.29, 1.82) is 0 Å². The predicted octanol–water partition coefficient (Wildman–Crippen LogP) is 6.89. The van der Waals surface area contributed by atoms with Gasteiger partial charge in [0.2, 0.25) is 15.9 Å². The second kappa shape index (κ2) is 13.9. The fourth-order valence-corrected chi connectivity index (χ4v) is 8.82. The van der Waals surface area contributed by atoms with E-state index in [0.29, 0.717) is 10.7 Å². The highest BCUT2D eigenvalue weighted by molar-refractivity contribution is 7.92. The molecule has 3 aliphatic carbocycles. The van der Waals surface area contributed by atoms with Gasteiger partial charge in [-0.25, -0.2) is 39.7 Å². The van der Waals surface area contributed by atoms with Crippen LogP contribution in [0.4, 0.5) is 40.9 Å². The van der Waals surface area contributed by atoms with Crippen LogP contribution >= 0.6 is 11.6 Å². The Labute approximate surface area is 334 Å². The maximum Gasteiger partial charge on any atom is 0.293 e. The fraction of sp³-hybridized carbons (Fsp3) is 0.368. The normalized spacial score (nSPS) is 20.0. The van der Waals surface area contributed by atoms with Crippen LogP contribution in [0.5, 0.6) is 0 Å². The molecule has 0 spiro atoms. The molecule has 21 heteroatoms. The number of carbonyl (C=O) groups is 1. The molecule has 5 aromatic rings. The molecule has 1 amide bonds. The summed E-state index contributed by atoms with van der Waals surface area (Å²) in [4.78, 5) is 18.5. The molecule has 310 valence electrons. The average molecular weight is 868 g/mol. The SMILES string of the molecule is Cn1nc(NS(C)(=O)=O)c2c(Cl)ccc(-c3ccc(C#CC4(O)CC(F)(F)C4)nc3[C@H](Cc3cc(F)cc(F)c3)NC(=O)Cn3nc(C(F)F)c4c3C(F)(F)[C@@H]3C[C@H]43)c21. The van der Waals surface area contributed by atoms with Crippen molar-refractivity contribution in [2.75, 3.05) is 11.0 Å². The Bertz CT molecular complexity index is 2740. The number of sulfonamides is 1. The van der Waals surface area contributed by atoms with Gasteiger partial charge in [-0.1, -0.05) is 23.6 Å². The number of aryl methyl sites for hydroxylation is 1. The van der Waals surface area contributed by atoms with Gasteiger partial charge in [0.05, 0.1) is 46.8 Å². The third kappa shape index (κ3) is 7.59. The second-order valence-corrected chi connectivity index (χ2v) is 17.2. The van der Waals surface area contributed by atoms with E-state index >= 15 is 8.78 Å². The van der Waals surface area contributed by atoms with E-state index in [2.05, 4.69) is 37.1 Å². The van der Waals surface area contributed by atoms with Gasteiger partial charge >= 0.3 is 0 Å². The first-order valence-electron chi connectivity index (χ1n) is 17.8. The van der Waals surface area contributed by atoms with E-state index in [1.807, 2.05) is 0 Å². The van der Waals surface area contributed by atoms with Crippen LogP contribution in [-0.4, -0.2) is 61.8 Å². The van der Waals surface area contributed by atoms with Gasteiger partial charge in [0.25, 0.3) is 18.3 Å². The quantitative estimate of drug-likeness (QED) is 0.103. The van der Waals surface area contributed by atoms with E-state index in [9.17, 15) is 44.7 Å². The molecular weight excluding hydrogens is 838 g/mol. The van der Waals surface area contributed by atoms with Gasteiger partial charge < -0.3 is 10.4 Å². The molecule has 0 unspecified atom stereocenters. The van der Waals surface area contributed by atoms with Crippen LogP contribution in [0.25, 0.3) is 22.0 Å². The molecule has 3 aromatic heterocycles. The minimum Gasteiger partial charge on any atom is -0.377 e. The van der Waals surface area contributed by atoms with E-state index in [0.717, 1.165) is 18.4 Å². The number of nitrogens with one attached hydrogen (secondary N) is 2. The number of nitrogens with zero attached hydrogens (tertiary/aromatic N) is 5. The molecule has 2 aromatic carbocycles. The van der Waals surface area contributed by atoms with Crippen molar-refractivity contribution in [3.05, 3.63) is 93.0 Å². The zero-order chi connectivity index (χ0) is 42.6. The van der Waals surface area contributed by atoms with Crippen LogP contribution in [0.1, 0.15) is 71.6 Å². The minimum absolute atomic E-state index is 0.0160. The molecule has 3 atom stereocenters. The molecule has 3 heterocycles. The summed E-state index contributed by atoms with van der Waals surface area (Å²) in [6, 6.07) is 6.81. The number of rotatable bonds is 10. The van der Waals surface area contributed by atoms with Crippen LogP contribution in [0.15, 0.2) is 42.5 Å². The number of carbonyl (C=O) groups excluding carboxylic acids is 1. The molecule has 3 N–H and O–H groups in total. The average Bonchev–Trinajstić information content (AvgIpc) is 3.65. The Kier molecular flexibility index (Phi) is 9.55. The standard InChI is InChI=1S/C38H30ClF8N7O4S/c1-53-32-22(5-6-25(39)29(32)35(51-53)52-59(2,57)58)21-4-3-20(7-8-36(56)15-37(44,45)16-36)48-30(21)26(11-17-9-18(40)12-19(41)10-17)49-27(55)14-54-33-28(31(50-54)34(42)43)23-13-24(23)38(33,46)47/h3-6,9-10,12,23-24,26,34,56H,11,13-16H2,1-2H3,(H,49,55)(H,51,52)/t23-,24+,26-/m0/s1. The monoisotopic (exact) mass is 867 g/mol. The van der Waals surface area contributed by atoms with Crippen LogP contribution in [0, 0.1) is 29.4 Å². The first-order chi connectivity index (χ1) is 27.5. The molecule has 2 fully saturated rings. The summed E-state index contributed by atoms with van der Waals surface area (Å²) >= 11 is 6.55. The molecule has 11 nitrogen and oxygen atoms in total. The third-order valence-corrected chi connectivity index (χ3v) is 11.3. The van der Waals surface area contributed by atoms with Crippen molar-refractivity contribution in [3.63, 3.8) is 0 Å². The molecule has 8 rings (SSSR count).